The van der Waals surface area contributed by atoms with E-state index in [1.165, 1.54) is 0 Å². The highest BCUT2D eigenvalue weighted by molar-refractivity contribution is 6.03. The SMILES string of the molecule is CC1CC(NC(=O)c2nccn2C)C(=O)N1c1ccccc1. The maximum absolute atomic E-state index is 12.6. The number of amides is 2. The minimum atomic E-state index is -0.514. The summed E-state index contributed by atoms with van der Waals surface area (Å²) < 4.78 is 1.63. The largest absolute Gasteiger partial charge is 0.337 e. The fourth-order valence-corrected chi connectivity index (χ4v) is 2.83. The lowest BCUT2D eigenvalue weighted by Gasteiger charge is -2.21. The van der Waals surface area contributed by atoms with Crippen LogP contribution in [-0.2, 0) is 11.8 Å². The van der Waals surface area contributed by atoms with E-state index in [-0.39, 0.29) is 17.9 Å². The molecule has 0 saturated carbocycles. The molecule has 6 nitrogen and oxygen atoms in total. The first-order valence-electron chi connectivity index (χ1n) is 7.24. The van der Waals surface area contributed by atoms with Crippen LogP contribution in [0.2, 0.25) is 0 Å². The molecule has 22 heavy (non-hydrogen) atoms. The van der Waals surface area contributed by atoms with Crippen LogP contribution in [0.25, 0.3) is 0 Å². The average molecular weight is 298 g/mol. The molecule has 2 aromatic rings. The van der Waals surface area contributed by atoms with Gasteiger partial charge in [0.25, 0.3) is 5.91 Å². The van der Waals surface area contributed by atoms with Crippen molar-refractivity contribution in [3.8, 4) is 0 Å². The average Bonchev–Trinajstić information content (AvgIpc) is 3.04. The summed E-state index contributed by atoms with van der Waals surface area (Å²) in [5.41, 5.74) is 0.855. The molecule has 1 aromatic heterocycles. The van der Waals surface area contributed by atoms with Crippen molar-refractivity contribution in [1.82, 2.24) is 14.9 Å². The quantitative estimate of drug-likeness (QED) is 0.930. The predicted molar refractivity (Wildman–Crippen MR) is 82.5 cm³/mol. The van der Waals surface area contributed by atoms with Crippen molar-refractivity contribution in [2.24, 2.45) is 7.05 Å². The zero-order chi connectivity index (χ0) is 15.7. The number of rotatable bonds is 3. The van der Waals surface area contributed by atoms with Gasteiger partial charge in [0.05, 0.1) is 0 Å². The smallest absolute Gasteiger partial charge is 0.287 e. The molecule has 1 saturated heterocycles. The van der Waals surface area contributed by atoms with Gasteiger partial charge in [0, 0.05) is 31.2 Å². The van der Waals surface area contributed by atoms with Crippen molar-refractivity contribution in [1.29, 1.82) is 0 Å². The van der Waals surface area contributed by atoms with Crippen LogP contribution in [0, 0.1) is 0 Å². The van der Waals surface area contributed by atoms with E-state index in [1.54, 1.807) is 28.9 Å². The molecule has 0 bridgehead atoms. The van der Waals surface area contributed by atoms with Gasteiger partial charge in [0.1, 0.15) is 6.04 Å². The Hall–Kier alpha value is -2.63. The Morgan fingerprint density at radius 2 is 2.05 bits per heavy atom. The van der Waals surface area contributed by atoms with E-state index in [9.17, 15) is 9.59 Å². The molecule has 114 valence electrons. The number of hydrogen-bond donors (Lipinski definition) is 1. The Morgan fingerprint density at radius 1 is 1.32 bits per heavy atom. The van der Waals surface area contributed by atoms with Crippen molar-refractivity contribution in [3.63, 3.8) is 0 Å². The molecule has 6 heteroatoms. The molecule has 1 aliphatic heterocycles. The molecule has 1 fully saturated rings. The first-order valence-corrected chi connectivity index (χ1v) is 7.24. The van der Waals surface area contributed by atoms with Crippen LogP contribution in [0.3, 0.4) is 0 Å². The Kier molecular flexibility index (Phi) is 3.66. The van der Waals surface area contributed by atoms with Crippen molar-refractivity contribution >= 4 is 17.5 Å². The number of anilines is 1. The van der Waals surface area contributed by atoms with Crippen LogP contribution >= 0.6 is 0 Å². The molecule has 0 radical (unpaired) electrons. The minimum absolute atomic E-state index is 0.0431. The normalized spacial score (nSPS) is 21.2. The number of aromatic nitrogens is 2. The van der Waals surface area contributed by atoms with Gasteiger partial charge < -0.3 is 14.8 Å². The van der Waals surface area contributed by atoms with Crippen LogP contribution in [0.5, 0.6) is 0 Å². The summed E-state index contributed by atoms with van der Waals surface area (Å²) in [5.74, 6) is -0.104. The lowest BCUT2D eigenvalue weighted by Crippen LogP contribution is -2.42. The Bertz CT molecular complexity index is 695. The topological polar surface area (TPSA) is 67.2 Å². The van der Waals surface area contributed by atoms with Crippen LogP contribution < -0.4 is 10.2 Å². The number of imidazole rings is 1. The molecule has 2 atom stereocenters. The Labute approximate surface area is 128 Å². The van der Waals surface area contributed by atoms with Gasteiger partial charge in [0.15, 0.2) is 5.82 Å². The van der Waals surface area contributed by atoms with Crippen LogP contribution in [0.15, 0.2) is 42.7 Å². The van der Waals surface area contributed by atoms with Crippen molar-refractivity contribution in [2.75, 3.05) is 4.90 Å². The third kappa shape index (κ3) is 2.47. The highest BCUT2D eigenvalue weighted by Gasteiger charge is 2.39. The minimum Gasteiger partial charge on any atom is -0.337 e. The second kappa shape index (κ2) is 5.63. The zero-order valence-corrected chi connectivity index (χ0v) is 12.6. The Balaban J connectivity index is 1.76. The van der Waals surface area contributed by atoms with Crippen molar-refractivity contribution in [2.45, 2.75) is 25.4 Å². The van der Waals surface area contributed by atoms with Crippen LogP contribution in [0.1, 0.15) is 24.0 Å². The molecule has 3 rings (SSSR count). The molecule has 1 N–H and O–H groups in total. The number of hydrogen-bond acceptors (Lipinski definition) is 3. The molecule has 2 amide bonds. The van der Waals surface area contributed by atoms with E-state index in [1.807, 2.05) is 37.3 Å². The second-order valence-corrected chi connectivity index (χ2v) is 5.52. The lowest BCUT2D eigenvalue weighted by molar-refractivity contribution is -0.118. The molecule has 0 aliphatic carbocycles. The maximum atomic E-state index is 12.6. The number of carbonyl (C=O) groups excluding carboxylic acids is 2. The first kappa shape index (κ1) is 14.3. The third-order valence-electron chi connectivity index (χ3n) is 3.92. The van der Waals surface area contributed by atoms with Crippen LogP contribution in [0.4, 0.5) is 5.69 Å². The van der Waals surface area contributed by atoms with E-state index in [2.05, 4.69) is 10.3 Å². The van der Waals surface area contributed by atoms with Gasteiger partial charge in [-0.15, -0.1) is 0 Å². The molecule has 0 spiro atoms. The van der Waals surface area contributed by atoms with Gasteiger partial charge >= 0.3 is 0 Å². The molecule has 2 unspecified atom stereocenters. The number of nitrogens with one attached hydrogen (secondary N) is 1. The van der Waals surface area contributed by atoms with Gasteiger partial charge in [0.2, 0.25) is 5.91 Å². The first-order chi connectivity index (χ1) is 10.6. The second-order valence-electron chi connectivity index (χ2n) is 5.52. The number of para-hydroxylation sites is 1. The predicted octanol–water partition coefficient (Wildman–Crippen LogP) is 1.34. The summed E-state index contributed by atoms with van der Waals surface area (Å²) >= 11 is 0. The summed E-state index contributed by atoms with van der Waals surface area (Å²) in [5, 5.41) is 2.79. The summed E-state index contributed by atoms with van der Waals surface area (Å²) in [6, 6.07) is 9.04. The maximum Gasteiger partial charge on any atom is 0.287 e. The lowest BCUT2D eigenvalue weighted by atomic mass is 10.2. The van der Waals surface area contributed by atoms with E-state index in [4.69, 9.17) is 0 Å². The van der Waals surface area contributed by atoms with Gasteiger partial charge in [-0.25, -0.2) is 4.98 Å². The molecule has 1 aliphatic rings. The molecule has 1 aromatic carbocycles. The number of benzene rings is 1. The van der Waals surface area contributed by atoms with Gasteiger partial charge in [-0.05, 0) is 25.5 Å². The van der Waals surface area contributed by atoms with E-state index < -0.39 is 6.04 Å². The van der Waals surface area contributed by atoms with Gasteiger partial charge in [-0.2, -0.15) is 0 Å². The standard InChI is InChI=1S/C16H18N4O2/c1-11-10-13(18-15(21)14-17-8-9-19(14)2)16(22)20(11)12-6-4-3-5-7-12/h3-9,11,13H,10H2,1-2H3,(H,18,21). The van der Waals surface area contributed by atoms with Crippen molar-refractivity contribution < 1.29 is 9.59 Å². The monoisotopic (exact) mass is 298 g/mol. The summed E-state index contributed by atoms with van der Waals surface area (Å²) in [6.45, 7) is 1.98. The fourth-order valence-electron chi connectivity index (χ4n) is 2.83. The molecule has 2 heterocycles. The van der Waals surface area contributed by atoms with E-state index >= 15 is 0 Å². The summed E-state index contributed by atoms with van der Waals surface area (Å²) in [4.78, 5) is 30.5. The highest BCUT2D eigenvalue weighted by Crippen LogP contribution is 2.26. The van der Waals surface area contributed by atoms with Crippen LogP contribution in [-0.4, -0.2) is 33.4 Å². The summed E-state index contributed by atoms with van der Waals surface area (Å²) in [7, 11) is 1.75. The third-order valence-corrected chi connectivity index (χ3v) is 3.92. The van der Waals surface area contributed by atoms with Gasteiger partial charge in [-0.3, -0.25) is 9.59 Å². The number of nitrogens with zero attached hydrogens (tertiary/aromatic N) is 3. The number of carbonyl (C=O) groups is 2. The van der Waals surface area contributed by atoms with Crippen molar-refractivity contribution in [3.05, 3.63) is 48.5 Å². The molecular weight excluding hydrogens is 280 g/mol. The Morgan fingerprint density at radius 3 is 2.68 bits per heavy atom. The molecular formula is C16H18N4O2. The van der Waals surface area contributed by atoms with E-state index in [0.717, 1.165) is 5.69 Å². The summed E-state index contributed by atoms with van der Waals surface area (Å²) in [6.07, 6.45) is 3.85. The zero-order valence-electron chi connectivity index (χ0n) is 12.6. The highest BCUT2D eigenvalue weighted by atomic mass is 16.2. The van der Waals surface area contributed by atoms with Gasteiger partial charge in [-0.1, -0.05) is 18.2 Å². The number of aryl methyl sites for hydroxylation is 1. The van der Waals surface area contributed by atoms with E-state index in [0.29, 0.717) is 12.2 Å². The fraction of sp³-hybridized carbons (Fsp3) is 0.312.